The van der Waals surface area contributed by atoms with Gasteiger partial charge in [0.25, 0.3) is 0 Å². The molecule has 3 unspecified atom stereocenters. The van der Waals surface area contributed by atoms with Gasteiger partial charge >= 0.3 is 0 Å². The van der Waals surface area contributed by atoms with Gasteiger partial charge in [0.1, 0.15) is 5.82 Å². The molecular formula is C14H15BrF2N2O. The standard InChI is InChI=1S/C14H15BrF2N2O/c15-10-4-8(16)5-11(17)13(10)19-14(20)12-9-3-1-2-7(9)6-18-12/h4-5,7,9,12,18H,1-3,6H2,(H,19,20). The van der Waals surface area contributed by atoms with Crippen molar-refractivity contribution in [1.82, 2.24) is 5.32 Å². The number of fused-ring (bicyclic) bond motifs is 1. The zero-order chi connectivity index (χ0) is 14.3. The molecule has 0 spiro atoms. The van der Waals surface area contributed by atoms with E-state index < -0.39 is 11.6 Å². The second kappa shape index (κ2) is 5.41. The van der Waals surface area contributed by atoms with Crippen LogP contribution in [0.5, 0.6) is 0 Å². The van der Waals surface area contributed by atoms with Gasteiger partial charge in [0, 0.05) is 10.5 Å². The van der Waals surface area contributed by atoms with E-state index in [1.165, 1.54) is 0 Å². The maximum absolute atomic E-state index is 13.7. The predicted octanol–water partition coefficient (Wildman–Crippen LogP) is 3.05. The fourth-order valence-corrected chi connectivity index (χ4v) is 3.84. The summed E-state index contributed by atoms with van der Waals surface area (Å²) in [6, 6.07) is 1.62. The van der Waals surface area contributed by atoms with Crippen LogP contribution in [0, 0.1) is 23.5 Å². The summed E-state index contributed by atoms with van der Waals surface area (Å²) in [6.45, 7) is 0.843. The van der Waals surface area contributed by atoms with Crippen LogP contribution in [0.2, 0.25) is 0 Å². The first-order valence-electron chi connectivity index (χ1n) is 6.75. The highest BCUT2D eigenvalue weighted by Crippen LogP contribution is 2.38. The van der Waals surface area contributed by atoms with Crippen molar-refractivity contribution in [3.05, 3.63) is 28.2 Å². The molecule has 3 rings (SSSR count). The van der Waals surface area contributed by atoms with Gasteiger partial charge in [-0.05, 0) is 53.2 Å². The maximum Gasteiger partial charge on any atom is 0.241 e. The number of hydrogen-bond acceptors (Lipinski definition) is 2. The SMILES string of the molecule is O=C(Nc1c(F)cc(F)cc1Br)C1NCC2CCCC21. The minimum atomic E-state index is -0.772. The second-order valence-electron chi connectivity index (χ2n) is 5.47. The number of carbonyl (C=O) groups is 1. The molecule has 1 aromatic carbocycles. The van der Waals surface area contributed by atoms with Crippen molar-refractivity contribution in [3.63, 3.8) is 0 Å². The minimum Gasteiger partial charge on any atom is -0.321 e. The zero-order valence-electron chi connectivity index (χ0n) is 10.8. The summed E-state index contributed by atoms with van der Waals surface area (Å²) in [5.41, 5.74) is -0.000327. The largest absolute Gasteiger partial charge is 0.321 e. The van der Waals surface area contributed by atoms with E-state index >= 15 is 0 Å². The lowest BCUT2D eigenvalue weighted by atomic mass is 9.93. The molecular weight excluding hydrogens is 330 g/mol. The molecule has 1 heterocycles. The van der Waals surface area contributed by atoms with Gasteiger partial charge in [0.2, 0.25) is 5.91 Å². The highest BCUT2D eigenvalue weighted by atomic mass is 79.9. The van der Waals surface area contributed by atoms with Gasteiger partial charge in [0.15, 0.2) is 5.82 Å². The van der Waals surface area contributed by atoms with E-state index in [4.69, 9.17) is 0 Å². The molecule has 0 bridgehead atoms. The average molecular weight is 345 g/mol. The number of amides is 1. The molecule has 1 aliphatic heterocycles. The molecule has 0 radical (unpaired) electrons. The number of carbonyl (C=O) groups excluding carboxylic acids is 1. The number of halogens is 3. The summed E-state index contributed by atoms with van der Waals surface area (Å²) >= 11 is 3.08. The number of benzene rings is 1. The van der Waals surface area contributed by atoms with Gasteiger partial charge in [0.05, 0.1) is 11.7 Å². The first-order chi connectivity index (χ1) is 9.56. The Morgan fingerprint density at radius 2 is 2.15 bits per heavy atom. The van der Waals surface area contributed by atoms with Gasteiger partial charge in [-0.3, -0.25) is 4.79 Å². The van der Waals surface area contributed by atoms with Crippen molar-refractivity contribution < 1.29 is 13.6 Å². The van der Waals surface area contributed by atoms with Crippen molar-refractivity contribution in [1.29, 1.82) is 0 Å². The summed E-state index contributed by atoms with van der Waals surface area (Å²) in [5, 5.41) is 5.78. The van der Waals surface area contributed by atoms with E-state index in [0.29, 0.717) is 11.8 Å². The first kappa shape index (κ1) is 13.9. The molecule has 1 amide bonds. The maximum atomic E-state index is 13.7. The molecule has 0 aromatic heterocycles. The fraction of sp³-hybridized carbons (Fsp3) is 0.500. The molecule has 1 saturated heterocycles. The Bertz CT molecular complexity index is 529. The molecule has 1 aliphatic carbocycles. The molecule has 2 aliphatic rings. The average Bonchev–Trinajstić information content (AvgIpc) is 2.95. The summed E-state index contributed by atoms with van der Waals surface area (Å²) in [4.78, 5) is 12.3. The van der Waals surface area contributed by atoms with Crippen molar-refractivity contribution in [3.8, 4) is 0 Å². The topological polar surface area (TPSA) is 41.1 Å². The lowest BCUT2D eigenvalue weighted by Crippen LogP contribution is -2.40. The van der Waals surface area contributed by atoms with Crippen LogP contribution in [-0.4, -0.2) is 18.5 Å². The molecule has 3 nitrogen and oxygen atoms in total. The van der Waals surface area contributed by atoms with Gasteiger partial charge in [-0.15, -0.1) is 0 Å². The fourth-order valence-electron chi connectivity index (χ4n) is 3.34. The van der Waals surface area contributed by atoms with Crippen molar-refractivity contribution >= 4 is 27.5 Å². The number of hydrogen-bond donors (Lipinski definition) is 2. The second-order valence-corrected chi connectivity index (χ2v) is 6.33. The zero-order valence-corrected chi connectivity index (χ0v) is 12.3. The van der Waals surface area contributed by atoms with Crippen LogP contribution in [0.15, 0.2) is 16.6 Å². The lowest BCUT2D eigenvalue weighted by molar-refractivity contribution is -0.118. The van der Waals surface area contributed by atoms with E-state index in [2.05, 4.69) is 26.6 Å². The number of anilines is 1. The highest BCUT2D eigenvalue weighted by Gasteiger charge is 2.42. The number of rotatable bonds is 2. The number of nitrogens with one attached hydrogen (secondary N) is 2. The lowest BCUT2D eigenvalue weighted by Gasteiger charge is -2.18. The van der Waals surface area contributed by atoms with Crippen molar-refractivity contribution in [2.45, 2.75) is 25.3 Å². The van der Waals surface area contributed by atoms with Crippen LogP contribution in [0.1, 0.15) is 19.3 Å². The van der Waals surface area contributed by atoms with Crippen LogP contribution in [0.4, 0.5) is 14.5 Å². The smallest absolute Gasteiger partial charge is 0.241 e. The third-order valence-corrected chi connectivity index (χ3v) is 4.91. The normalized spacial score (nSPS) is 28.4. The Morgan fingerprint density at radius 3 is 2.90 bits per heavy atom. The molecule has 1 saturated carbocycles. The first-order valence-corrected chi connectivity index (χ1v) is 7.54. The molecule has 2 fully saturated rings. The molecule has 3 atom stereocenters. The van der Waals surface area contributed by atoms with Crippen LogP contribution >= 0.6 is 15.9 Å². The van der Waals surface area contributed by atoms with Gasteiger partial charge < -0.3 is 10.6 Å². The Balaban J connectivity index is 1.76. The van der Waals surface area contributed by atoms with Crippen LogP contribution in [0.25, 0.3) is 0 Å². The summed E-state index contributed by atoms with van der Waals surface area (Å²) < 4.78 is 27.0. The summed E-state index contributed by atoms with van der Waals surface area (Å²) in [7, 11) is 0. The quantitative estimate of drug-likeness (QED) is 0.865. The Hall–Kier alpha value is -1.01. The Morgan fingerprint density at radius 1 is 1.35 bits per heavy atom. The van der Waals surface area contributed by atoms with E-state index in [9.17, 15) is 13.6 Å². The molecule has 20 heavy (non-hydrogen) atoms. The monoisotopic (exact) mass is 344 g/mol. The summed E-state index contributed by atoms with van der Waals surface area (Å²) in [5.74, 6) is -0.816. The van der Waals surface area contributed by atoms with Crippen LogP contribution in [-0.2, 0) is 4.79 Å². The predicted molar refractivity (Wildman–Crippen MR) is 75.3 cm³/mol. The van der Waals surface area contributed by atoms with Crippen molar-refractivity contribution in [2.24, 2.45) is 11.8 Å². The molecule has 6 heteroatoms. The third-order valence-electron chi connectivity index (χ3n) is 4.28. The van der Waals surface area contributed by atoms with E-state index in [1.54, 1.807) is 0 Å². The Kier molecular flexibility index (Phi) is 3.77. The van der Waals surface area contributed by atoms with E-state index in [1.807, 2.05) is 0 Å². The Labute approximate surface area is 124 Å². The van der Waals surface area contributed by atoms with Crippen LogP contribution < -0.4 is 10.6 Å². The third kappa shape index (κ3) is 2.46. The molecule has 2 N–H and O–H groups in total. The summed E-state index contributed by atoms with van der Waals surface area (Å²) in [6.07, 6.45) is 3.33. The van der Waals surface area contributed by atoms with Gasteiger partial charge in [-0.1, -0.05) is 6.42 Å². The minimum absolute atomic E-state index is 0.000327. The van der Waals surface area contributed by atoms with E-state index in [0.717, 1.165) is 37.9 Å². The van der Waals surface area contributed by atoms with Gasteiger partial charge in [-0.2, -0.15) is 0 Å². The van der Waals surface area contributed by atoms with Crippen molar-refractivity contribution in [2.75, 3.05) is 11.9 Å². The van der Waals surface area contributed by atoms with Crippen LogP contribution in [0.3, 0.4) is 0 Å². The van der Waals surface area contributed by atoms with Gasteiger partial charge in [-0.25, -0.2) is 8.78 Å². The highest BCUT2D eigenvalue weighted by molar-refractivity contribution is 9.10. The molecule has 108 valence electrons. The van der Waals surface area contributed by atoms with E-state index in [-0.39, 0.29) is 22.1 Å². The molecule has 1 aromatic rings.